The van der Waals surface area contributed by atoms with Crippen molar-refractivity contribution in [1.82, 2.24) is 0 Å². The fraction of sp³-hybridized carbons (Fsp3) is 0.562. The van der Waals surface area contributed by atoms with Crippen LogP contribution in [0.4, 0.5) is 0 Å². The van der Waals surface area contributed by atoms with E-state index >= 15 is 0 Å². The van der Waals surface area contributed by atoms with Crippen LogP contribution in [0.2, 0.25) is 0 Å². The second-order valence-electron chi connectivity index (χ2n) is 6.01. The molecule has 0 spiro atoms. The van der Waals surface area contributed by atoms with Gasteiger partial charge in [-0.2, -0.15) is 0 Å². The van der Waals surface area contributed by atoms with Gasteiger partial charge in [0.05, 0.1) is 19.6 Å². The number of aliphatic carboxylic acids is 1. The van der Waals surface area contributed by atoms with Gasteiger partial charge in [0, 0.05) is 15.5 Å². The summed E-state index contributed by atoms with van der Waals surface area (Å²) in [5, 5.41) is 9.19. The first-order valence-corrected chi connectivity index (χ1v) is 8.10. The molecule has 0 unspecified atom stereocenters. The number of ether oxygens (including phenoxy) is 2. The monoisotopic (exact) mass is 354 g/mol. The van der Waals surface area contributed by atoms with Crippen LogP contribution in [0.15, 0.2) is 16.6 Å². The number of hydrogen-bond acceptors (Lipinski definition) is 3. The third-order valence-electron chi connectivity index (χ3n) is 4.49. The van der Waals surface area contributed by atoms with Gasteiger partial charge in [-0.25, -0.2) is 0 Å². The van der Waals surface area contributed by atoms with Gasteiger partial charge >= 0.3 is 5.97 Å². The van der Waals surface area contributed by atoms with E-state index < -0.39 is 5.97 Å². The molecule has 0 amide bonds. The largest absolute Gasteiger partial charge is 0.493 e. The van der Waals surface area contributed by atoms with E-state index in [9.17, 15) is 9.90 Å². The van der Waals surface area contributed by atoms with Crippen LogP contribution in [-0.2, 0) is 10.2 Å². The van der Waals surface area contributed by atoms with E-state index in [0.717, 1.165) is 41.5 Å². The molecule has 0 bridgehead atoms. The first kappa shape index (κ1) is 14.7. The van der Waals surface area contributed by atoms with Crippen molar-refractivity contribution in [2.45, 2.75) is 50.0 Å². The maximum absolute atomic E-state index is 11.2. The highest BCUT2D eigenvalue weighted by Crippen LogP contribution is 2.56. The molecule has 0 saturated heterocycles. The lowest BCUT2D eigenvalue weighted by atomic mass is 9.90. The van der Waals surface area contributed by atoms with Crippen molar-refractivity contribution in [2.75, 3.05) is 7.11 Å². The van der Waals surface area contributed by atoms with Crippen molar-refractivity contribution >= 4 is 21.9 Å². The molecule has 114 valence electrons. The van der Waals surface area contributed by atoms with Crippen molar-refractivity contribution in [3.8, 4) is 11.5 Å². The van der Waals surface area contributed by atoms with Crippen molar-refractivity contribution in [1.29, 1.82) is 0 Å². The number of rotatable bonds is 6. The standard InChI is InChI=1S/C16H19BrO4/c1-20-13-8-10(17)7-12(15(13)21-11-3-2-4-11)16(5-6-16)9-14(18)19/h7-8,11H,2-6,9H2,1H3,(H,18,19). The van der Waals surface area contributed by atoms with Crippen molar-refractivity contribution in [2.24, 2.45) is 0 Å². The molecule has 2 aliphatic rings. The Labute approximate surface area is 132 Å². The van der Waals surface area contributed by atoms with Crippen molar-refractivity contribution < 1.29 is 19.4 Å². The van der Waals surface area contributed by atoms with Gasteiger partial charge in [0.25, 0.3) is 0 Å². The molecule has 1 N–H and O–H groups in total. The van der Waals surface area contributed by atoms with Crippen molar-refractivity contribution in [3.63, 3.8) is 0 Å². The summed E-state index contributed by atoms with van der Waals surface area (Å²) in [5.41, 5.74) is 0.685. The van der Waals surface area contributed by atoms with Crippen LogP contribution < -0.4 is 9.47 Å². The zero-order valence-electron chi connectivity index (χ0n) is 12.0. The first-order chi connectivity index (χ1) is 10.0. The molecule has 0 aliphatic heterocycles. The Morgan fingerprint density at radius 3 is 2.62 bits per heavy atom. The highest BCUT2D eigenvalue weighted by Gasteiger charge is 2.48. The fourth-order valence-corrected chi connectivity index (χ4v) is 3.31. The smallest absolute Gasteiger partial charge is 0.304 e. The summed E-state index contributed by atoms with van der Waals surface area (Å²) in [6.07, 6.45) is 5.47. The molecule has 1 aromatic carbocycles. The molecule has 1 aromatic rings. The maximum Gasteiger partial charge on any atom is 0.304 e. The Balaban J connectivity index is 2.00. The van der Waals surface area contributed by atoms with E-state index in [1.165, 1.54) is 6.42 Å². The number of carbonyl (C=O) groups is 1. The normalized spacial score (nSPS) is 19.7. The Kier molecular flexibility index (Phi) is 3.86. The molecule has 0 heterocycles. The summed E-state index contributed by atoms with van der Waals surface area (Å²) < 4.78 is 12.5. The minimum absolute atomic E-state index is 0.146. The van der Waals surface area contributed by atoms with Gasteiger partial charge < -0.3 is 14.6 Å². The lowest BCUT2D eigenvalue weighted by Gasteiger charge is -2.30. The molecule has 3 rings (SSSR count). The number of carboxylic acid groups (broad SMARTS) is 1. The SMILES string of the molecule is COc1cc(Br)cc(C2(CC(=O)O)CC2)c1OC1CCC1. The molecule has 2 fully saturated rings. The van der Waals surface area contributed by atoms with Crippen LogP contribution in [0.25, 0.3) is 0 Å². The fourth-order valence-electron chi connectivity index (χ4n) is 2.87. The summed E-state index contributed by atoms with van der Waals surface area (Å²) in [6, 6.07) is 3.88. The second kappa shape index (κ2) is 5.52. The lowest BCUT2D eigenvalue weighted by molar-refractivity contribution is -0.137. The molecule has 2 aliphatic carbocycles. The number of methoxy groups -OCH3 is 1. The maximum atomic E-state index is 11.2. The summed E-state index contributed by atoms with van der Waals surface area (Å²) in [4.78, 5) is 11.2. The van der Waals surface area contributed by atoms with Crippen LogP contribution in [-0.4, -0.2) is 24.3 Å². The minimum atomic E-state index is -0.763. The van der Waals surface area contributed by atoms with Crippen LogP contribution in [0.1, 0.15) is 44.1 Å². The molecule has 0 radical (unpaired) electrons. The summed E-state index contributed by atoms with van der Waals surface area (Å²) in [6.45, 7) is 0. The number of halogens is 1. The molecule has 5 heteroatoms. The first-order valence-electron chi connectivity index (χ1n) is 7.30. The zero-order valence-corrected chi connectivity index (χ0v) is 13.6. The van der Waals surface area contributed by atoms with E-state index in [1.807, 2.05) is 12.1 Å². The van der Waals surface area contributed by atoms with Gasteiger partial charge in [0.15, 0.2) is 11.5 Å². The quantitative estimate of drug-likeness (QED) is 0.841. The van der Waals surface area contributed by atoms with Gasteiger partial charge in [-0.15, -0.1) is 0 Å². The van der Waals surface area contributed by atoms with Crippen LogP contribution >= 0.6 is 15.9 Å². The predicted molar refractivity (Wildman–Crippen MR) is 82.1 cm³/mol. The van der Waals surface area contributed by atoms with Gasteiger partial charge in [0.2, 0.25) is 0 Å². The van der Waals surface area contributed by atoms with Crippen LogP contribution in [0.3, 0.4) is 0 Å². The molecule has 21 heavy (non-hydrogen) atoms. The van der Waals surface area contributed by atoms with Crippen molar-refractivity contribution in [3.05, 3.63) is 22.2 Å². The molecule has 2 saturated carbocycles. The Morgan fingerprint density at radius 2 is 2.14 bits per heavy atom. The highest BCUT2D eigenvalue weighted by molar-refractivity contribution is 9.10. The van der Waals surface area contributed by atoms with Crippen LogP contribution in [0, 0.1) is 0 Å². The van der Waals surface area contributed by atoms with E-state index in [0.29, 0.717) is 5.75 Å². The van der Waals surface area contributed by atoms with Crippen LogP contribution in [0.5, 0.6) is 11.5 Å². The minimum Gasteiger partial charge on any atom is -0.493 e. The van der Waals surface area contributed by atoms with E-state index in [2.05, 4.69) is 15.9 Å². The molecule has 0 atom stereocenters. The summed E-state index contributed by atoms with van der Waals surface area (Å²) in [5.74, 6) is 0.660. The Morgan fingerprint density at radius 1 is 1.43 bits per heavy atom. The number of carboxylic acids is 1. The number of hydrogen-bond donors (Lipinski definition) is 1. The van der Waals surface area contributed by atoms with E-state index in [1.54, 1.807) is 7.11 Å². The molecular formula is C16H19BrO4. The average molecular weight is 355 g/mol. The third-order valence-corrected chi connectivity index (χ3v) is 4.95. The third kappa shape index (κ3) is 2.89. The van der Waals surface area contributed by atoms with E-state index in [4.69, 9.17) is 9.47 Å². The predicted octanol–water partition coefficient (Wildman–Crippen LogP) is 3.90. The summed E-state index contributed by atoms with van der Waals surface area (Å²) in [7, 11) is 1.62. The van der Waals surface area contributed by atoms with Gasteiger partial charge in [-0.05, 0) is 44.2 Å². The zero-order chi connectivity index (χ0) is 15.0. The Hall–Kier alpha value is -1.23. The van der Waals surface area contributed by atoms with E-state index in [-0.39, 0.29) is 17.9 Å². The topological polar surface area (TPSA) is 55.8 Å². The lowest BCUT2D eigenvalue weighted by Crippen LogP contribution is -2.26. The average Bonchev–Trinajstić information content (AvgIpc) is 3.14. The van der Waals surface area contributed by atoms with Gasteiger partial charge in [-0.3, -0.25) is 4.79 Å². The highest BCUT2D eigenvalue weighted by atomic mass is 79.9. The van der Waals surface area contributed by atoms with Gasteiger partial charge in [0.1, 0.15) is 0 Å². The number of benzene rings is 1. The van der Waals surface area contributed by atoms with Gasteiger partial charge in [-0.1, -0.05) is 15.9 Å². The Bertz CT molecular complexity index is 562. The molecule has 4 nitrogen and oxygen atoms in total. The molecule has 0 aromatic heterocycles. The molecular weight excluding hydrogens is 336 g/mol. The summed E-state index contributed by atoms with van der Waals surface area (Å²) >= 11 is 3.49. The second-order valence-corrected chi connectivity index (χ2v) is 6.92.